The Morgan fingerprint density at radius 3 is 2.74 bits per heavy atom. The highest BCUT2D eigenvalue weighted by Crippen LogP contribution is 2.25. The van der Waals surface area contributed by atoms with E-state index < -0.39 is 0 Å². The lowest BCUT2D eigenvalue weighted by atomic mass is 10.3. The van der Waals surface area contributed by atoms with Crippen molar-refractivity contribution in [2.45, 2.75) is 19.8 Å². The van der Waals surface area contributed by atoms with E-state index in [9.17, 15) is 4.79 Å². The third-order valence-electron chi connectivity index (χ3n) is 3.65. The molecule has 2 heterocycles. The van der Waals surface area contributed by atoms with Gasteiger partial charge in [0, 0.05) is 18.7 Å². The molecule has 0 aliphatic heterocycles. The first kappa shape index (κ1) is 19.2. The molecule has 1 N–H and O–H groups in total. The minimum absolute atomic E-state index is 0.141. The predicted octanol–water partition coefficient (Wildman–Crippen LogP) is 4.68. The summed E-state index contributed by atoms with van der Waals surface area (Å²) in [6.45, 7) is 2.28. The molecular weight excluding hydrogens is 387 g/mol. The highest BCUT2D eigenvalue weighted by molar-refractivity contribution is 6.35. The zero-order valence-corrected chi connectivity index (χ0v) is 16.2. The molecule has 140 valence electrons. The number of aryl methyl sites for hydroxylation is 1. The molecule has 0 saturated carbocycles. The van der Waals surface area contributed by atoms with Gasteiger partial charge in [0.2, 0.25) is 5.91 Å². The number of nitrogens with zero attached hydrogens (tertiary/aromatic N) is 3. The van der Waals surface area contributed by atoms with E-state index in [1.165, 1.54) is 10.9 Å². The van der Waals surface area contributed by atoms with Crippen LogP contribution in [0, 0.1) is 6.92 Å². The van der Waals surface area contributed by atoms with Crippen molar-refractivity contribution in [1.29, 1.82) is 0 Å². The molecular formula is C19H18Cl2N4O2. The highest BCUT2D eigenvalue weighted by atomic mass is 35.5. The van der Waals surface area contributed by atoms with Crippen LogP contribution in [0.25, 0.3) is 5.82 Å². The number of halogens is 2. The van der Waals surface area contributed by atoms with E-state index in [0.717, 1.165) is 11.4 Å². The number of carbonyl (C=O) groups is 1. The summed E-state index contributed by atoms with van der Waals surface area (Å²) in [5.74, 6) is 1.54. The van der Waals surface area contributed by atoms with Gasteiger partial charge < -0.3 is 10.1 Å². The molecule has 0 radical (unpaired) electrons. The van der Waals surface area contributed by atoms with Gasteiger partial charge in [0.25, 0.3) is 0 Å². The van der Waals surface area contributed by atoms with E-state index in [4.69, 9.17) is 27.9 Å². The van der Waals surface area contributed by atoms with Gasteiger partial charge in [0.1, 0.15) is 11.6 Å². The summed E-state index contributed by atoms with van der Waals surface area (Å²) in [6.07, 6.45) is 2.39. The summed E-state index contributed by atoms with van der Waals surface area (Å²) in [5.41, 5.74) is 0.727. The van der Waals surface area contributed by atoms with Gasteiger partial charge in [0.15, 0.2) is 5.82 Å². The molecule has 3 rings (SSSR count). The summed E-state index contributed by atoms with van der Waals surface area (Å²) in [6, 6.07) is 12.8. The summed E-state index contributed by atoms with van der Waals surface area (Å²) >= 11 is 12.1. The van der Waals surface area contributed by atoms with Crippen molar-refractivity contribution in [3.05, 3.63) is 64.4 Å². The molecule has 6 nitrogen and oxygen atoms in total. The standard InChI is InChI=1S/C19H18Cl2N4O2/c1-13-10-17(25(24-13)19-16(21)11-14(20)12-22-19)23-18(26)8-5-9-27-15-6-3-2-4-7-15/h2-4,6-7,10-12H,5,8-9H2,1H3,(H,23,26). The largest absolute Gasteiger partial charge is 0.494 e. The molecule has 1 aromatic carbocycles. The fourth-order valence-corrected chi connectivity index (χ4v) is 2.92. The van der Waals surface area contributed by atoms with Gasteiger partial charge in [-0.05, 0) is 31.5 Å². The lowest BCUT2D eigenvalue weighted by Gasteiger charge is -2.10. The van der Waals surface area contributed by atoms with Crippen molar-refractivity contribution in [1.82, 2.24) is 14.8 Å². The van der Waals surface area contributed by atoms with Gasteiger partial charge >= 0.3 is 0 Å². The first-order valence-corrected chi connectivity index (χ1v) is 9.14. The van der Waals surface area contributed by atoms with Crippen molar-refractivity contribution >= 4 is 34.9 Å². The number of nitrogens with one attached hydrogen (secondary N) is 1. The Balaban J connectivity index is 1.59. The Hall–Kier alpha value is -2.57. The molecule has 27 heavy (non-hydrogen) atoms. The van der Waals surface area contributed by atoms with Crippen molar-refractivity contribution in [2.75, 3.05) is 11.9 Å². The SMILES string of the molecule is Cc1cc(NC(=O)CCCOc2ccccc2)n(-c2ncc(Cl)cc2Cl)n1. The topological polar surface area (TPSA) is 69.0 Å². The Bertz CT molecular complexity index is 929. The minimum atomic E-state index is -0.141. The fraction of sp³-hybridized carbons (Fsp3) is 0.211. The van der Waals surface area contributed by atoms with Crippen molar-refractivity contribution in [2.24, 2.45) is 0 Å². The lowest BCUT2D eigenvalue weighted by molar-refractivity contribution is -0.116. The minimum Gasteiger partial charge on any atom is -0.494 e. The second-order valence-corrected chi connectivity index (χ2v) is 6.70. The van der Waals surface area contributed by atoms with Gasteiger partial charge in [-0.15, -0.1) is 0 Å². The maximum absolute atomic E-state index is 12.3. The molecule has 0 bridgehead atoms. The fourth-order valence-electron chi connectivity index (χ4n) is 2.46. The maximum atomic E-state index is 12.3. The van der Waals surface area contributed by atoms with Crippen LogP contribution in [0.1, 0.15) is 18.5 Å². The van der Waals surface area contributed by atoms with Crippen LogP contribution in [0.2, 0.25) is 10.0 Å². The van der Waals surface area contributed by atoms with Crippen LogP contribution in [0.3, 0.4) is 0 Å². The van der Waals surface area contributed by atoms with Crippen LogP contribution in [0.15, 0.2) is 48.7 Å². The Labute approximate surface area is 167 Å². The number of amides is 1. The third kappa shape index (κ3) is 5.21. The zero-order chi connectivity index (χ0) is 19.2. The monoisotopic (exact) mass is 404 g/mol. The quantitative estimate of drug-likeness (QED) is 0.580. The summed E-state index contributed by atoms with van der Waals surface area (Å²) < 4.78 is 7.09. The van der Waals surface area contributed by atoms with E-state index in [1.54, 1.807) is 12.1 Å². The predicted molar refractivity (Wildman–Crippen MR) is 106 cm³/mol. The van der Waals surface area contributed by atoms with Gasteiger partial charge in [-0.3, -0.25) is 4.79 Å². The van der Waals surface area contributed by atoms with E-state index in [0.29, 0.717) is 41.1 Å². The number of pyridine rings is 1. The van der Waals surface area contributed by atoms with Crippen LogP contribution in [0.5, 0.6) is 5.75 Å². The molecule has 1 amide bonds. The summed E-state index contributed by atoms with van der Waals surface area (Å²) in [5, 5.41) is 7.96. The molecule has 0 aliphatic rings. The lowest BCUT2D eigenvalue weighted by Crippen LogP contribution is -2.16. The summed E-state index contributed by atoms with van der Waals surface area (Å²) in [4.78, 5) is 16.5. The number of ether oxygens (including phenoxy) is 1. The van der Waals surface area contributed by atoms with Gasteiger partial charge in [0.05, 0.1) is 22.3 Å². The van der Waals surface area contributed by atoms with E-state index in [-0.39, 0.29) is 5.91 Å². The number of para-hydroxylation sites is 1. The van der Waals surface area contributed by atoms with Crippen LogP contribution in [-0.2, 0) is 4.79 Å². The Kier molecular flexibility index (Phi) is 6.32. The molecule has 0 unspecified atom stereocenters. The van der Waals surface area contributed by atoms with E-state index in [1.807, 2.05) is 37.3 Å². The zero-order valence-electron chi connectivity index (χ0n) is 14.7. The maximum Gasteiger partial charge on any atom is 0.225 e. The second kappa shape index (κ2) is 8.88. The van der Waals surface area contributed by atoms with Gasteiger partial charge in [-0.1, -0.05) is 41.4 Å². The number of aromatic nitrogens is 3. The Morgan fingerprint density at radius 2 is 2.00 bits per heavy atom. The van der Waals surface area contributed by atoms with Crippen LogP contribution in [0.4, 0.5) is 5.82 Å². The number of hydrogen-bond donors (Lipinski definition) is 1. The normalized spacial score (nSPS) is 10.6. The van der Waals surface area contributed by atoms with E-state index in [2.05, 4.69) is 15.4 Å². The average Bonchev–Trinajstić information content (AvgIpc) is 2.99. The molecule has 0 fully saturated rings. The first-order chi connectivity index (χ1) is 13.0. The second-order valence-electron chi connectivity index (χ2n) is 5.85. The number of hydrogen-bond acceptors (Lipinski definition) is 4. The van der Waals surface area contributed by atoms with Gasteiger partial charge in [-0.25, -0.2) is 4.98 Å². The summed E-state index contributed by atoms with van der Waals surface area (Å²) in [7, 11) is 0. The van der Waals surface area contributed by atoms with Crippen LogP contribution >= 0.6 is 23.2 Å². The molecule has 2 aromatic heterocycles. The number of rotatable bonds is 7. The number of benzene rings is 1. The van der Waals surface area contributed by atoms with Crippen LogP contribution < -0.4 is 10.1 Å². The van der Waals surface area contributed by atoms with E-state index >= 15 is 0 Å². The number of anilines is 1. The molecule has 0 spiro atoms. The first-order valence-electron chi connectivity index (χ1n) is 8.39. The van der Waals surface area contributed by atoms with Crippen LogP contribution in [-0.4, -0.2) is 27.3 Å². The van der Waals surface area contributed by atoms with Crippen molar-refractivity contribution in [3.8, 4) is 11.6 Å². The van der Waals surface area contributed by atoms with Crippen molar-refractivity contribution < 1.29 is 9.53 Å². The molecule has 0 atom stereocenters. The smallest absolute Gasteiger partial charge is 0.225 e. The number of carbonyl (C=O) groups excluding carboxylic acids is 1. The molecule has 3 aromatic rings. The Morgan fingerprint density at radius 1 is 1.22 bits per heavy atom. The van der Waals surface area contributed by atoms with Crippen molar-refractivity contribution in [3.63, 3.8) is 0 Å². The van der Waals surface area contributed by atoms with Gasteiger partial charge in [-0.2, -0.15) is 9.78 Å². The molecule has 0 aliphatic carbocycles. The highest BCUT2D eigenvalue weighted by Gasteiger charge is 2.14. The molecule has 0 saturated heterocycles. The molecule has 8 heteroatoms. The third-order valence-corrected chi connectivity index (χ3v) is 4.13. The average molecular weight is 405 g/mol.